The summed E-state index contributed by atoms with van der Waals surface area (Å²) in [6.45, 7) is 3.06. The number of aryl methyl sites for hydroxylation is 2. The van der Waals surface area contributed by atoms with Crippen LogP contribution in [0.15, 0.2) is 0 Å². The van der Waals surface area contributed by atoms with Gasteiger partial charge < -0.3 is 9.47 Å². The number of ether oxygens (including phenoxy) is 2. The van der Waals surface area contributed by atoms with Crippen LogP contribution in [0.25, 0.3) is 0 Å². The van der Waals surface area contributed by atoms with Crippen molar-refractivity contribution in [2.24, 2.45) is 0 Å². The molecule has 2 heterocycles. The number of hydrogen-bond acceptors (Lipinski definition) is 5. The van der Waals surface area contributed by atoms with E-state index in [4.69, 9.17) is 9.47 Å². The predicted molar refractivity (Wildman–Crippen MR) is 77.2 cm³/mol. The van der Waals surface area contributed by atoms with E-state index in [2.05, 4.69) is 10.3 Å². The molecule has 3 rings (SSSR count). The van der Waals surface area contributed by atoms with Crippen molar-refractivity contribution in [3.8, 4) is 0 Å². The molecule has 1 fully saturated rings. The lowest BCUT2D eigenvalue weighted by Gasteiger charge is -2.15. The summed E-state index contributed by atoms with van der Waals surface area (Å²) in [6, 6.07) is 0. The van der Waals surface area contributed by atoms with Crippen LogP contribution in [-0.4, -0.2) is 36.3 Å². The number of fused-ring (bicyclic) bond motifs is 1. The molecule has 5 nitrogen and oxygen atoms in total. The molecule has 2 aliphatic rings. The molecular weight excluding hydrogens is 276 g/mol. The van der Waals surface area contributed by atoms with Gasteiger partial charge in [-0.2, -0.15) is 0 Å². The molecule has 1 saturated heterocycles. The number of carbonyl (C=O) groups excluding carboxylic acids is 1. The number of rotatable bonds is 5. The van der Waals surface area contributed by atoms with Crippen molar-refractivity contribution in [2.45, 2.75) is 51.2 Å². The molecule has 1 aromatic rings. The molecule has 1 aliphatic heterocycles. The van der Waals surface area contributed by atoms with Crippen LogP contribution in [0.4, 0.5) is 5.13 Å². The maximum atomic E-state index is 12.0. The average molecular weight is 296 g/mol. The van der Waals surface area contributed by atoms with Gasteiger partial charge in [-0.3, -0.25) is 10.1 Å². The van der Waals surface area contributed by atoms with Gasteiger partial charge in [0.15, 0.2) is 5.13 Å². The Morgan fingerprint density at radius 1 is 1.55 bits per heavy atom. The fourth-order valence-electron chi connectivity index (χ4n) is 2.55. The van der Waals surface area contributed by atoms with Crippen molar-refractivity contribution < 1.29 is 14.3 Å². The number of nitrogens with one attached hydrogen (secondary N) is 1. The Hall–Kier alpha value is -0.980. The van der Waals surface area contributed by atoms with Crippen LogP contribution in [0.3, 0.4) is 0 Å². The van der Waals surface area contributed by atoms with Crippen molar-refractivity contribution in [3.63, 3.8) is 0 Å². The van der Waals surface area contributed by atoms with E-state index in [9.17, 15) is 4.79 Å². The molecule has 2 atom stereocenters. The van der Waals surface area contributed by atoms with Gasteiger partial charge in [-0.1, -0.05) is 0 Å². The summed E-state index contributed by atoms with van der Waals surface area (Å²) >= 11 is 1.59. The quantitative estimate of drug-likeness (QED) is 0.904. The van der Waals surface area contributed by atoms with E-state index in [0.717, 1.165) is 38.0 Å². The predicted octanol–water partition coefficient (Wildman–Crippen LogP) is 2.15. The van der Waals surface area contributed by atoms with Crippen LogP contribution >= 0.6 is 11.3 Å². The van der Waals surface area contributed by atoms with Gasteiger partial charge in [0, 0.05) is 11.5 Å². The molecule has 0 bridgehead atoms. The van der Waals surface area contributed by atoms with Gasteiger partial charge in [-0.15, -0.1) is 11.3 Å². The van der Waals surface area contributed by atoms with Crippen molar-refractivity contribution in [1.82, 2.24) is 4.98 Å². The van der Waals surface area contributed by atoms with Gasteiger partial charge in [0.05, 0.1) is 18.4 Å². The number of thiazole rings is 1. The largest absolute Gasteiger partial charge is 0.376 e. The summed E-state index contributed by atoms with van der Waals surface area (Å²) in [4.78, 5) is 17.8. The van der Waals surface area contributed by atoms with Gasteiger partial charge in [-0.25, -0.2) is 4.98 Å². The lowest BCUT2D eigenvalue weighted by Crippen LogP contribution is -2.30. The van der Waals surface area contributed by atoms with Crippen LogP contribution in [0.5, 0.6) is 0 Å². The molecule has 0 spiro atoms. The number of amides is 1. The number of hydrogen-bond donors (Lipinski definition) is 1. The Morgan fingerprint density at radius 2 is 2.45 bits per heavy atom. The first kappa shape index (κ1) is 14.0. The second-order valence-corrected chi connectivity index (χ2v) is 6.43. The van der Waals surface area contributed by atoms with Gasteiger partial charge in [-0.05, 0) is 39.0 Å². The third-order valence-corrected chi connectivity index (χ3v) is 4.82. The third kappa shape index (κ3) is 3.19. The van der Waals surface area contributed by atoms with E-state index in [1.54, 1.807) is 18.3 Å². The smallest absolute Gasteiger partial charge is 0.254 e. The van der Waals surface area contributed by atoms with E-state index in [0.29, 0.717) is 11.7 Å². The first-order valence-electron chi connectivity index (χ1n) is 7.25. The van der Waals surface area contributed by atoms with Crippen LogP contribution in [0.1, 0.15) is 36.8 Å². The fourth-order valence-corrected chi connectivity index (χ4v) is 3.61. The highest BCUT2D eigenvalue weighted by molar-refractivity contribution is 7.15. The minimum absolute atomic E-state index is 0.129. The highest BCUT2D eigenvalue weighted by atomic mass is 32.1. The van der Waals surface area contributed by atoms with E-state index in [1.165, 1.54) is 11.3 Å². The van der Waals surface area contributed by atoms with Crippen molar-refractivity contribution in [1.29, 1.82) is 0 Å². The van der Waals surface area contributed by atoms with Crippen molar-refractivity contribution in [2.75, 3.05) is 18.5 Å². The Morgan fingerprint density at radius 3 is 3.20 bits per heavy atom. The van der Waals surface area contributed by atoms with Gasteiger partial charge in [0.2, 0.25) is 0 Å². The summed E-state index contributed by atoms with van der Waals surface area (Å²) < 4.78 is 11.1. The van der Waals surface area contributed by atoms with Gasteiger partial charge >= 0.3 is 0 Å². The molecule has 1 N–H and O–H groups in total. The monoisotopic (exact) mass is 296 g/mol. The minimum atomic E-state index is -0.474. The zero-order valence-electron chi connectivity index (χ0n) is 11.7. The lowest BCUT2D eigenvalue weighted by atomic mass is 10.2. The maximum Gasteiger partial charge on any atom is 0.254 e. The fraction of sp³-hybridized carbons (Fsp3) is 0.714. The molecule has 0 unspecified atom stereocenters. The average Bonchev–Trinajstić information content (AvgIpc) is 3.11. The van der Waals surface area contributed by atoms with E-state index in [-0.39, 0.29) is 12.0 Å². The second kappa shape index (κ2) is 6.20. The molecule has 0 aromatic carbocycles. The molecule has 1 amide bonds. The first-order chi connectivity index (χ1) is 9.72. The molecule has 0 saturated carbocycles. The van der Waals surface area contributed by atoms with Crippen LogP contribution in [-0.2, 0) is 27.1 Å². The summed E-state index contributed by atoms with van der Waals surface area (Å²) in [5.41, 5.74) is 1.15. The number of nitrogens with zero attached hydrogens (tertiary/aromatic N) is 1. The highest BCUT2D eigenvalue weighted by Crippen LogP contribution is 2.30. The highest BCUT2D eigenvalue weighted by Gasteiger charge is 2.22. The number of carbonyl (C=O) groups is 1. The van der Waals surface area contributed by atoms with Gasteiger partial charge in [0.1, 0.15) is 6.10 Å². The Labute approximate surface area is 122 Å². The van der Waals surface area contributed by atoms with Crippen molar-refractivity contribution in [3.05, 3.63) is 10.6 Å². The van der Waals surface area contributed by atoms with E-state index < -0.39 is 6.10 Å². The maximum absolute atomic E-state index is 12.0. The zero-order chi connectivity index (χ0) is 13.9. The van der Waals surface area contributed by atoms with Crippen LogP contribution in [0, 0.1) is 0 Å². The van der Waals surface area contributed by atoms with E-state index >= 15 is 0 Å². The number of anilines is 1. The summed E-state index contributed by atoms with van der Waals surface area (Å²) in [6.07, 6.45) is 5.09. The SMILES string of the molecule is C[C@@H](OC[C@H]1CCCO1)C(=O)Nc1nc2c(s1)CCC2. The molecule has 1 aliphatic carbocycles. The van der Waals surface area contributed by atoms with E-state index in [1.807, 2.05) is 0 Å². The molecule has 20 heavy (non-hydrogen) atoms. The molecule has 110 valence electrons. The van der Waals surface area contributed by atoms with Crippen LogP contribution < -0.4 is 5.32 Å². The normalized spacial score (nSPS) is 22.8. The molecular formula is C14H20N2O3S. The summed E-state index contributed by atoms with van der Waals surface area (Å²) in [5, 5.41) is 3.55. The van der Waals surface area contributed by atoms with Crippen LogP contribution in [0.2, 0.25) is 0 Å². The Kier molecular flexibility index (Phi) is 4.33. The number of aromatic nitrogens is 1. The molecule has 0 radical (unpaired) electrons. The van der Waals surface area contributed by atoms with Crippen molar-refractivity contribution >= 4 is 22.4 Å². The summed E-state index contributed by atoms with van der Waals surface area (Å²) in [5.74, 6) is -0.129. The minimum Gasteiger partial charge on any atom is -0.376 e. The Balaban J connectivity index is 1.47. The molecule has 1 aromatic heterocycles. The summed E-state index contributed by atoms with van der Waals surface area (Å²) in [7, 11) is 0. The second-order valence-electron chi connectivity index (χ2n) is 5.34. The first-order valence-corrected chi connectivity index (χ1v) is 8.06. The third-order valence-electron chi connectivity index (χ3n) is 3.75. The molecule has 6 heteroatoms. The topological polar surface area (TPSA) is 60.5 Å². The lowest BCUT2D eigenvalue weighted by molar-refractivity contribution is -0.128. The Bertz CT molecular complexity index is 461. The zero-order valence-corrected chi connectivity index (χ0v) is 12.5. The van der Waals surface area contributed by atoms with Gasteiger partial charge in [0.25, 0.3) is 5.91 Å². The standard InChI is InChI=1S/C14H20N2O3S/c1-9(19-8-10-4-3-7-18-10)13(17)16-14-15-11-5-2-6-12(11)20-14/h9-10H,2-8H2,1H3,(H,15,16,17)/t9-,10-/m1/s1.